The van der Waals surface area contributed by atoms with Crippen molar-refractivity contribution in [3.8, 4) is 16.9 Å². The molecular weight excluding hydrogens is 747 g/mol. The number of hydrogen-bond acceptors (Lipinski definition) is 1. The lowest BCUT2D eigenvalue weighted by molar-refractivity contribution is 0.415. The van der Waals surface area contributed by atoms with Crippen molar-refractivity contribution in [3.05, 3.63) is 237 Å². The topological polar surface area (TPSA) is 25.0 Å². The van der Waals surface area contributed by atoms with Gasteiger partial charge in [0.25, 0.3) is 0 Å². The molecule has 1 aromatic heterocycles. The van der Waals surface area contributed by atoms with E-state index < -0.39 is 16.1 Å². The van der Waals surface area contributed by atoms with Gasteiger partial charge in [0, 0.05) is 21.9 Å². The Morgan fingerprint density at radius 1 is 0.339 bits per heavy atom. The van der Waals surface area contributed by atoms with Crippen molar-refractivity contribution in [1.29, 1.82) is 0 Å². The van der Waals surface area contributed by atoms with Crippen molar-refractivity contribution >= 4 is 79.4 Å². The Kier molecular flexibility index (Phi) is 9.49. The minimum atomic E-state index is -2.91. The smallest absolute Gasteiger partial charge is 0.179 e. The standard InChI is InChI=1S/C55H43NOSi2/c1-57-42-22-20-21-41(37-42)51-39-50(59(46-29-14-5-15-30-46,47-31-16-6-17-32-47)48-33-18-7-19-34-48)40-53-52-38-49(35-36-54(52)56-55(51)53)58(43-23-8-2-9-24-43,44-25-10-3-11-26-44)45-27-12-4-13-28-45/h2-40,56H,1H3. The fraction of sp³-hybridized carbons (Fsp3) is 0.0182. The molecule has 1 heterocycles. The average Bonchev–Trinajstić information content (AvgIpc) is 3.70. The third-order valence-corrected chi connectivity index (χ3v) is 21.7. The lowest BCUT2D eigenvalue weighted by Crippen LogP contribution is -2.74. The van der Waals surface area contributed by atoms with Gasteiger partial charge in [-0.05, 0) is 65.3 Å². The number of methoxy groups -OCH3 is 1. The molecule has 282 valence electrons. The van der Waals surface area contributed by atoms with Gasteiger partial charge in [-0.15, -0.1) is 0 Å². The van der Waals surface area contributed by atoms with Gasteiger partial charge in [0.05, 0.1) is 12.6 Å². The van der Waals surface area contributed by atoms with Crippen molar-refractivity contribution in [2.45, 2.75) is 0 Å². The van der Waals surface area contributed by atoms with Crippen molar-refractivity contribution < 1.29 is 4.74 Å². The number of ether oxygens (including phenoxy) is 1. The third kappa shape index (κ3) is 6.08. The molecule has 10 aromatic rings. The van der Waals surface area contributed by atoms with E-state index in [2.05, 4.69) is 236 Å². The molecule has 4 heteroatoms. The molecule has 0 unspecified atom stereocenters. The Morgan fingerprint density at radius 2 is 0.746 bits per heavy atom. The molecular formula is C55H43NOSi2. The highest BCUT2D eigenvalue weighted by atomic mass is 28.3. The zero-order valence-electron chi connectivity index (χ0n) is 32.9. The fourth-order valence-corrected chi connectivity index (χ4v) is 19.2. The maximum Gasteiger partial charge on any atom is 0.179 e. The highest BCUT2D eigenvalue weighted by Gasteiger charge is 2.43. The Morgan fingerprint density at radius 3 is 1.17 bits per heavy atom. The summed E-state index contributed by atoms with van der Waals surface area (Å²) < 4.78 is 5.84. The summed E-state index contributed by atoms with van der Waals surface area (Å²) in [6.07, 6.45) is 0. The molecule has 59 heavy (non-hydrogen) atoms. The van der Waals surface area contributed by atoms with Gasteiger partial charge in [0.2, 0.25) is 0 Å². The van der Waals surface area contributed by atoms with Crippen LogP contribution in [0.4, 0.5) is 0 Å². The highest BCUT2D eigenvalue weighted by Crippen LogP contribution is 2.35. The van der Waals surface area contributed by atoms with Crippen LogP contribution in [0.15, 0.2) is 237 Å². The molecule has 1 N–H and O–H groups in total. The summed E-state index contributed by atoms with van der Waals surface area (Å²) in [5.74, 6) is 0.835. The van der Waals surface area contributed by atoms with Crippen LogP contribution < -0.4 is 46.2 Å². The maximum atomic E-state index is 5.84. The number of nitrogens with one attached hydrogen (secondary N) is 1. The van der Waals surface area contributed by atoms with Crippen LogP contribution in [0.3, 0.4) is 0 Å². The van der Waals surface area contributed by atoms with E-state index in [1.54, 1.807) is 7.11 Å². The largest absolute Gasteiger partial charge is 0.497 e. The van der Waals surface area contributed by atoms with Crippen molar-refractivity contribution in [2.24, 2.45) is 0 Å². The monoisotopic (exact) mass is 789 g/mol. The van der Waals surface area contributed by atoms with Gasteiger partial charge >= 0.3 is 0 Å². The van der Waals surface area contributed by atoms with Crippen molar-refractivity contribution in [1.82, 2.24) is 4.98 Å². The number of rotatable bonds is 10. The fourth-order valence-electron chi connectivity index (χ4n) is 9.60. The van der Waals surface area contributed by atoms with Crippen LogP contribution in [0, 0.1) is 0 Å². The number of aromatic amines is 1. The van der Waals surface area contributed by atoms with Crippen LogP contribution in [-0.2, 0) is 0 Å². The Hall–Kier alpha value is -6.99. The van der Waals surface area contributed by atoms with Gasteiger partial charge in [-0.1, -0.05) is 218 Å². The van der Waals surface area contributed by atoms with E-state index >= 15 is 0 Å². The van der Waals surface area contributed by atoms with E-state index in [9.17, 15) is 0 Å². The number of H-pyrrole nitrogens is 1. The third-order valence-electron chi connectivity index (χ3n) is 12.2. The Bertz CT molecular complexity index is 2810. The van der Waals surface area contributed by atoms with Crippen molar-refractivity contribution in [3.63, 3.8) is 0 Å². The summed E-state index contributed by atoms with van der Waals surface area (Å²) in [6, 6.07) is 88.0. The second kappa shape index (κ2) is 15.4. The predicted octanol–water partition coefficient (Wildman–Crippen LogP) is 7.75. The van der Waals surface area contributed by atoms with E-state index in [0.29, 0.717) is 0 Å². The number of aromatic nitrogens is 1. The van der Waals surface area contributed by atoms with Crippen LogP contribution in [0.25, 0.3) is 32.9 Å². The van der Waals surface area contributed by atoms with Crippen LogP contribution in [0.5, 0.6) is 5.75 Å². The van der Waals surface area contributed by atoms with Gasteiger partial charge in [0.15, 0.2) is 16.1 Å². The first-order chi connectivity index (χ1) is 29.2. The Labute approximate surface area is 348 Å². The van der Waals surface area contributed by atoms with Crippen LogP contribution in [-0.4, -0.2) is 28.2 Å². The maximum absolute atomic E-state index is 5.84. The molecule has 0 bridgehead atoms. The molecule has 10 rings (SSSR count). The molecule has 0 saturated carbocycles. The van der Waals surface area contributed by atoms with E-state index in [-0.39, 0.29) is 0 Å². The first-order valence-electron chi connectivity index (χ1n) is 20.3. The minimum Gasteiger partial charge on any atom is -0.497 e. The summed E-state index contributed by atoms with van der Waals surface area (Å²) in [6.45, 7) is 0. The molecule has 0 spiro atoms. The van der Waals surface area contributed by atoms with Gasteiger partial charge in [0.1, 0.15) is 5.75 Å². The molecule has 0 radical (unpaired) electrons. The molecule has 0 aliphatic heterocycles. The molecule has 0 aliphatic rings. The van der Waals surface area contributed by atoms with E-state index in [0.717, 1.165) is 27.9 Å². The molecule has 9 aromatic carbocycles. The number of fused-ring (bicyclic) bond motifs is 3. The lowest BCUT2D eigenvalue weighted by atomic mass is 10.0. The van der Waals surface area contributed by atoms with Crippen LogP contribution in [0.2, 0.25) is 0 Å². The molecule has 0 fully saturated rings. The Balaban J connectivity index is 1.35. The van der Waals surface area contributed by atoms with Crippen LogP contribution in [0.1, 0.15) is 0 Å². The summed E-state index contributed by atoms with van der Waals surface area (Å²) >= 11 is 0. The normalized spacial score (nSPS) is 11.8. The first-order valence-corrected chi connectivity index (χ1v) is 24.3. The molecule has 0 saturated heterocycles. The number of benzene rings is 9. The molecule has 2 nitrogen and oxygen atoms in total. The van der Waals surface area contributed by atoms with Gasteiger partial charge in [-0.3, -0.25) is 0 Å². The second-order valence-electron chi connectivity index (χ2n) is 15.3. The molecule has 0 aliphatic carbocycles. The quantitative estimate of drug-likeness (QED) is 0.111. The predicted molar refractivity (Wildman–Crippen MR) is 255 cm³/mol. The first kappa shape index (κ1) is 36.4. The van der Waals surface area contributed by atoms with E-state index in [1.165, 1.54) is 52.3 Å². The average molecular weight is 790 g/mol. The van der Waals surface area contributed by atoms with Gasteiger partial charge in [-0.25, -0.2) is 0 Å². The molecule has 0 amide bonds. The van der Waals surface area contributed by atoms with Crippen LogP contribution >= 0.6 is 0 Å². The second-order valence-corrected chi connectivity index (χ2v) is 22.9. The number of hydrogen-bond donors (Lipinski definition) is 1. The zero-order valence-corrected chi connectivity index (χ0v) is 34.9. The van der Waals surface area contributed by atoms with E-state index in [4.69, 9.17) is 4.74 Å². The summed E-state index contributed by atoms with van der Waals surface area (Å²) in [5, 5.41) is 13.2. The summed E-state index contributed by atoms with van der Waals surface area (Å²) in [7, 11) is -3.96. The highest BCUT2D eigenvalue weighted by molar-refractivity contribution is 7.20. The molecule has 0 atom stereocenters. The summed E-state index contributed by atoms with van der Waals surface area (Å²) in [5.41, 5.74) is 4.51. The van der Waals surface area contributed by atoms with Gasteiger partial charge in [-0.2, -0.15) is 0 Å². The summed E-state index contributed by atoms with van der Waals surface area (Å²) in [4.78, 5) is 3.97. The van der Waals surface area contributed by atoms with Crippen molar-refractivity contribution in [2.75, 3.05) is 7.11 Å². The van der Waals surface area contributed by atoms with E-state index in [1.807, 2.05) is 6.07 Å². The SMILES string of the molecule is COc1cccc(-c2cc([Si](c3ccccc3)(c3ccccc3)c3ccccc3)cc3c2[nH]c2ccc([Si](c4ccccc4)(c4ccccc4)c4ccccc4)cc23)c1. The lowest BCUT2D eigenvalue weighted by Gasteiger charge is -2.35. The van der Waals surface area contributed by atoms with Gasteiger partial charge < -0.3 is 9.72 Å². The zero-order chi connectivity index (χ0) is 39.7. The minimum absolute atomic E-state index is 0.835.